The van der Waals surface area contributed by atoms with Crippen molar-refractivity contribution in [2.45, 2.75) is 46.2 Å². The fraction of sp³-hybridized carbons (Fsp3) is 0.500. The van der Waals surface area contributed by atoms with Crippen LogP contribution < -0.4 is 5.32 Å². The topological polar surface area (TPSA) is 27.8 Å². The minimum absolute atomic E-state index is 0.548. The van der Waals surface area contributed by atoms with Gasteiger partial charge in [0.25, 0.3) is 0 Å². The molecule has 19 heavy (non-hydrogen) atoms. The molecule has 0 saturated heterocycles. The largest absolute Gasteiger partial charge is 0.361 e. The smallest absolute Gasteiger partial charge is 0.0472 e. The molecule has 2 aromatic rings. The Balaban J connectivity index is 1.98. The zero-order valence-electron chi connectivity index (χ0n) is 12.0. The van der Waals surface area contributed by atoms with Crippen molar-refractivity contribution >= 4 is 22.5 Å². The van der Waals surface area contributed by atoms with Gasteiger partial charge in [0.1, 0.15) is 0 Å². The molecule has 1 aromatic heterocycles. The highest BCUT2D eigenvalue weighted by molar-refractivity contribution is 6.31. The molecule has 3 heteroatoms. The fourth-order valence-electron chi connectivity index (χ4n) is 2.44. The van der Waals surface area contributed by atoms with Crippen LogP contribution in [0.25, 0.3) is 10.9 Å². The molecule has 2 N–H and O–H groups in total. The van der Waals surface area contributed by atoms with E-state index in [2.05, 4.69) is 43.3 Å². The van der Waals surface area contributed by atoms with E-state index in [1.54, 1.807) is 0 Å². The molecule has 0 bridgehead atoms. The molecule has 2 unspecified atom stereocenters. The summed E-state index contributed by atoms with van der Waals surface area (Å²) >= 11 is 5.99. The van der Waals surface area contributed by atoms with Gasteiger partial charge in [-0.3, -0.25) is 0 Å². The van der Waals surface area contributed by atoms with Crippen molar-refractivity contribution < 1.29 is 0 Å². The van der Waals surface area contributed by atoms with Gasteiger partial charge in [0.05, 0.1) is 0 Å². The van der Waals surface area contributed by atoms with Crippen molar-refractivity contribution in [1.82, 2.24) is 10.3 Å². The molecule has 2 atom stereocenters. The average Bonchev–Trinajstić information content (AvgIpc) is 2.78. The Hall–Kier alpha value is -0.990. The standard InChI is InChI=1S/C16H23ClN2/c1-4-11(2)7-12(3)18-9-13-10-19-16-8-14(17)5-6-15(13)16/h5-6,8,10-12,18-19H,4,7,9H2,1-3H3. The molecule has 2 rings (SSSR count). The minimum Gasteiger partial charge on any atom is -0.361 e. The summed E-state index contributed by atoms with van der Waals surface area (Å²) in [6.07, 6.45) is 4.55. The van der Waals surface area contributed by atoms with Crippen molar-refractivity contribution in [3.63, 3.8) is 0 Å². The molecule has 0 aliphatic rings. The molecule has 1 heterocycles. The third-order valence-corrected chi connectivity index (χ3v) is 4.06. The lowest BCUT2D eigenvalue weighted by molar-refractivity contribution is 0.412. The summed E-state index contributed by atoms with van der Waals surface area (Å²) in [4.78, 5) is 3.28. The van der Waals surface area contributed by atoms with E-state index in [4.69, 9.17) is 11.6 Å². The van der Waals surface area contributed by atoms with Gasteiger partial charge in [-0.15, -0.1) is 0 Å². The van der Waals surface area contributed by atoms with E-state index in [0.717, 1.165) is 23.0 Å². The first-order valence-electron chi connectivity index (χ1n) is 7.09. The first kappa shape index (κ1) is 14.4. The van der Waals surface area contributed by atoms with E-state index in [9.17, 15) is 0 Å². The zero-order valence-corrected chi connectivity index (χ0v) is 12.7. The Bertz CT molecular complexity index is 533. The Labute approximate surface area is 120 Å². The molecule has 104 valence electrons. The number of hydrogen-bond donors (Lipinski definition) is 2. The number of benzene rings is 1. The number of H-pyrrole nitrogens is 1. The molecule has 0 radical (unpaired) electrons. The molecule has 1 aromatic carbocycles. The highest BCUT2D eigenvalue weighted by Crippen LogP contribution is 2.22. The highest BCUT2D eigenvalue weighted by Gasteiger charge is 2.08. The number of aromatic nitrogens is 1. The lowest BCUT2D eigenvalue weighted by atomic mass is 10.0. The first-order valence-corrected chi connectivity index (χ1v) is 7.46. The Morgan fingerprint density at radius 3 is 2.84 bits per heavy atom. The first-order chi connectivity index (χ1) is 9.10. The van der Waals surface area contributed by atoms with E-state index in [-0.39, 0.29) is 0 Å². The molecule has 0 saturated carbocycles. The van der Waals surface area contributed by atoms with Gasteiger partial charge in [0.15, 0.2) is 0 Å². The normalized spacial score (nSPS) is 14.7. The van der Waals surface area contributed by atoms with Crippen LogP contribution in [0.1, 0.15) is 39.2 Å². The van der Waals surface area contributed by atoms with Crippen LogP contribution in [0.4, 0.5) is 0 Å². The lowest BCUT2D eigenvalue weighted by Gasteiger charge is -2.17. The number of hydrogen-bond acceptors (Lipinski definition) is 1. The van der Waals surface area contributed by atoms with E-state index >= 15 is 0 Å². The van der Waals surface area contributed by atoms with Crippen molar-refractivity contribution in [2.75, 3.05) is 0 Å². The summed E-state index contributed by atoms with van der Waals surface area (Å²) in [5, 5.41) is 5.64. The maximum absolute atomic E-state index is 5.99. The zero-order chi connectivity index (χ0) is 13.8. The van der Waals surface area contributed by atoms with Crippen LogP contribution >= 0.6 is 11.6 Å². The van der Waals surface area contributed by atoms with E-state index < -0.39 is 0 Å². The van der Waals surface area contributed by atoms with Crippen LogP contribution in [-0.2, 0) is 6.54 Å². The van der Waals surface area contributed by atoms with E-state index in [0.29, 0.717) is 6.04 Å². The van der Waals surface area contributed by atoms with Crippen LogP contribution in [0.15, 0.2) is 24.4 Å². The summed E-state index contributed by atoms with van der Waals surface area (Å²) in [6, 6.07) is 6.56. The molecule has 0 amide bonds. The third-order valence-electron chi connectivity index (χ3n) is 3.82. The summed E-state index contributed by atoms with van der Waals surface area (Å²) in [5.74, 6) is 0.782. The number of fused-ring (bicyclic) bond motifs is 1. The van der Waals surface area contributed by atoms with Crippen molar-refractivity contribution in [3.05, 3.63) is 35.0 Å². The van der Waals surface area contributed by atoms with Crippen LogP contribution in [0, 0.1) is 5.92 Å². The van der Waals surface area contributed by atoms with Gasteiger partial charge < -0.3 is 10.3 Å². The van der Waals surface area contributed by atoms with Gasteiger partial charge in [0, 0.05) is 34.7 Å². The minimum atomic E-state index is 0.548. The van der Waals surface area contributed by atoms with Crippen LogP contribution in [0.2, 0.25) is 5.02 Å². The molecular formula is C16H23ClN2. The van der Waals surface area contributed by atoms with Gasteiger partial charge in [-0.2, -0.15) is 0 Å². The quantitative estimate of drug-likeness (QED) is 0.785. The maximum Gasteiger partial charge on any atom is 0.0472 e. The van der Waals surface area contributed by atoms with Gasteiger partial charge >= 0.3 is 0 Å². The van der Waals surface area contributed by atoms with Crippen molar-refractivity contribution in [2.24, 2.45) is 5.92 Å². The Morgan fingerprint density at radius 2 is 2.11 bits per heavy atom. The van der Waals surface area contributed by atoms with E-state index in [1.165, 1.54) is 23.8 Å². The van der Waals surface area contributed by atoms with Crippen LogP contribution in [0.3, 0.4) is 0 Å². The monoisotopic (exact) mass is 278 g/mol. The van der Waals surface area contributed by atoms with Gasteiger partial charge in [-0.1, -0.05) is 37.9 Å². The van der Waals surface area contributed by atoms with Gasteiger partial charge in [0.2, 0.25) is 0 Å². The van der Waals surface area contributed by atoms with Crippen molar-refractivity contribution in [1.29, 1.82) is 0 Å². The SMILES string of the molecule is CCC(C)CC(C)NCc1c[nH]c2cc(Cl)ccc12. The second-order valence-electron chi connectivity index (χ2n) is 5.53. The number of nitrogens with one attached hydrogen (secondary N) is 2. The number of rotatable bonds is 6. The Morgan fingerprint density at radius 1 is 1.32 bits per heavy atom. The molecule has 2 nitrogen and oxygen atoms in total. The summed E-state index contributed by atoms with van der Waals surface area (Å²) < 4.78 is 0. The lowest BCUT2D eigenvalue weighted by Crippen LogP contribution is -2.27. The summed E-state index contributed by atoms with van der Waals surface area (Å²) in [5.41, 5.74) is 2.42. The molecule has 0 aliphatic heterocycles. The maximum atomic E-state index is 5.99. The predicted molar refractivity (Wildman–Crippen MR) is 83.7 cm³/mol. The second kappa shape index (κ2) is 6.44. The molecule has 0 spiro atoms. The van der Waals surface area contributed by atoms with Gasteiger partial charge in [-0.25, -0.2) is 0 Å². The average molecular weight is 279 g/mol. The molecule has 0 aliphatic carbocycles. The molecule has 0 fully saturated rings. The highest BCUT2D eigenvalue weighted by atomic mass is 35.5. The summed E-state index contributed by atoms with van der Waals surface area (Å²) in [7, 11) is 0. The van der Waals surface area contributed by atoms with Gasteiger partial charge in [-0.05, 0) is 37.0 Å². The van der Waals surface area contributed by atoms with E-state index in [1.807, 2.05) is 12.1 Å². The van der Waals surface area contributed by atoms with Crippen LogP contribution in [-0.4, -0.2) is 11.0 Å². The molecular weight excluding hydrogens is 256 g/mol. The summed E-state index contributed by atoms with van der Waals surface area (Å²) in [6.45, 7) is 7.73. The second-order valence-corrected chi connectivity index (χ2v) is 5.97. The number of aromatic amines is 1. The Kier molecular flexibility index (Phi) is 4.89. The number of halogens is 1. The van der Waals surface area contributed by atoms with Crippen LogP contribution in [0.5, 0.6) is 0 Å². The third kappa shape index (κ3) is 3.74. The van der Waals surface area contributed by atoms with Crippen molar-refractivity contribution in [3.8, 4) is 0 Å². The fourth-order valence-corrected chi connectivity index (χ4v) is 2.61. The predicted octanol–water partition coefficient (Wildman–Crippen LogP) is 4.74.